The summed E-state index contributed by atoms with van der Waals surface area (Å²) >= 11 is 0. The van der Waals surface area contributed by atoms with Crippen molar-refractivity contribution in [1.29, 1.82) is 0 Å². The maximum absolute atomic E-state index is 12.9. The number of nitrogens with zero attached hydrogens (tertiary/aromatic N) is 5. The lowest BCUT2D eigenvalue weighted by molar-refractivity contribution is -0.139. The minimum atomic E-state index is -0.986. The molecule has 4 aliphatic heterocycles. The first-order valence-electron chi connectivity index (χ1n) is 22.5. The molecule has 19 nitrogen and oxygen atoms in total. The van der Waals surface area contributed by atoms with Gasteiger partial charge in [-0.1, -0.05) is 24.3 Å². The summed E-state index contributed by atoms with van der Waals surface area (Å²) in [5, 5.41) is 36.9. The van der Waals surface area contributed by atoms with E-state index in [-0.39, 0.29) is 48.3 Å². The van der Waals surface area contributed by atoms with Crippen LogP contribution in [0.5, 0.6) is 0 Å². The number of amides is 4. The number of carboxylic acid groups (broad SMARTS) is 2. The van der Waals surface area contributed by atoms with Gasteiger partial charge in [0, 0.05) is 89.4 Å². The lowest BCUT2D eigenvalue weighted by Crippen LogP contribution is -2.44. The molecule has 5 heterocycles. The molecular formula is C45H65N11O8. The van der Waals surface area contributed by atoms with Gasteiger partial charge in [0.2, 0.25) is 23.6 Å². The quantitative estimate of drug-likeness (QED) is 0.0995. The van der Waals surface area contributed by atoms with E-state index in [1.165, 1.54) is 0 Å². The molecule has 0 radical (unpaired) electrons. The Balaban J connectivity index is 0.000000241. The highest BCUT2D eigenvalue weighted by atomic mass is 16.4. The molecule has 4 aliphatic rings. The number of piperidine rings is 2. The molecule has 2 saturated heterocycles. The summed E-state index contributed by atoms with van der Waals surface area (Å²) in [5.74, 6) is -0.893. The number of aromatic nitrogens is 1. The number of aryl methyl sites for hydroxylation is 2. The van der Waals surface area contributed by atoms with Crippen molar-refractivity contribution in [3.05, 3.63) is 65.0 Å². The number of carbonyl (C=O) groups is 6. The van der Waals surface area contributed by atoms with Crippen molar-refractivity contribution in [2.75, 3.05) is 65.4 Å². The van der Waals surface area contributed by atoms with Gasteiger partial charge in [-0.2, -0.15) is 0 Å². The first kappa shape index (κ1) is 48.8. The predicted octanol–water partition coefficient (Wildman–Crippen LogP) is 1.78. The number of benzene rings is 1. The van der Waals surface area contributed by atoms with Crippen molar-refractivity contribution < 1.29 is 39.0 Å². The third-order valence-corrected chi connectivity index (χ3v) is 11.9. The van der Waals surface area contributed by atoms with Gasteiger partial charge in [0.05, 0.1) is 38.0 Å². The monoisotopic (exact) mass is 888 g/mol. The summed E-state index contributed by atoms with van der Waals surface area (Å²) in [6.07, 6.45) is 7.49. The predicted molar refractivity (Wildman–Crippen MR) is 240 cm³/mol. The number of aliphatic imine (C=N–C) groups is 2. The van der Waals surface area contributed by atoms with Gasteiger partial charge in [0.25, 0.3) is 0 Å². The number of pyridine rings is 1. The van der Waals surface area contributed by atoms with Crippen LogP contribution in [0.3, 0.4) is 0 Å². The van der Waals surface area contributed by atoms with Crippen LogP contribution >= 0.6 is 0 Å². The van der Waals surface area contributed by atoms with Gasteiger partial charge in [-0.05, 0) is 80.7 Å². The molecule has 2 fully saturated rings. The number of carbonyl (C=O) groups excluding carboxylic acids is 4. The van der Waals surface area contributed by atoms with Crippen molar-refractivity contribution in [1.82, 2.24) is 46.7 Å². The fraction of sp³-hybridized carbons (Fsp3) is 0.578. The highest BCUT2D eigenvalue weighted by Crippen LogP contribution is 2.25. The zero-order chi connectivity index (χ0) is 45.8. The van der Waals surface area contributed by atoms with Crippen molar-refractivity contribution >= 4 is 47.5 Å². The van der Waals surface area contributed by atoms with E-state index in [1.807, 2.05) is 41.8 Å². The number of rotatable bonds is 18. The van der Waals surface area contributed by atoms with Crippen LogP contribution in [0, 0.1) is 25.7 Å². The van der Waals surface area contributed by atoms with E-state index in [4.69, 9.17) is 0 Å². The van der Waals surface area contributed by atoms with Crippen LogP contribution < -0.4 is 31.9 Å². The first-order chi connectivity index (χ1) is 30.9. The molecule has 348 valence electrons. The summed E-state index contributed by atoms with van der Waals surface area (Å²) in [4.78, 5) is 89.3. The van der Waals surface area contributed by atoms with Crippen molar-refractivity contribution in [3.8, 4) is 0 Å². The number of carboxylic acids is 2. The van der Waals surface area contributed by atoms with Crippen LogP contribution in [0.25, 0.3) is 0 Å². The van der Waals surface area contributed by atoms with E-state index in [9.17, 15) is 39.0 Å². The highest BCUT2D eigenvalue weighted by molar-refractivity contribution is 5.83. The van der Waals surface area contributed by atoms with Gasteiger partial charge in [-0.15, -0.1) is 0 Å². The van der Waals surface area contributed by atoms with Gasteiger partial charge < -0.3 is 51.9 Å². The standard InChI is InChI=1S/C24H35N5O4.C21H30N6O4/c1-16-5-6-19(14-17(16)2)20(15-22(31)32)28-23(33)18-7-12-29(13-8-18)21(30)4-3-9-25-24-26-10-11-27-24;28-18(4-2-8-23-21-24-9-10-25-21)27-11-5-15(6-12-27)20(31)26-17(13-19(29)30)16-3-1-7-22-14-16/h5-6,14,18,20H,3-4,7-13,15H2,1-2H3,(H,28,33)(H,31,32)(H2,25,26,27);1,3,7,14-15,17H,2,4-6,8-13H2,(H,26,31)(H,29,30)(H2,23,24,25)/t;17-/m.0/s1. The third kappa shape index (κ3) is 15.8. The normalized spacial score (nSPS) is 17.3. The number of guanidine groups is 2. The van der Waals surface area contributed by atoms with Crippen LogP contribution in [-0.4, -0.2) is 138 Å². The van der Waals surface area contributed by atoms with Gasteiger partial charge >= 0.3 is 11.9 Å². The molecular weight excluding hydrogens is 823 g/mol. The first-order valence-corrected chi connectivity index (χ1v) is 22.5. The number of hydrogen-bond donors (Lipinski definition) is 8. The molecule has 1 unspecified atom stereocenters. The molecule has 0 spiro atoms. The maximum atomic E-state index is 12.9. The molecule has 0 aliphatic carbocycles. The number of nitrogens with one attached hydrogen (secondary N) is 6. The number of hydrogen-bond acceptors (Lipinski definition) is 13. The Labute approximate surface area is 374 Å². The molecule has 19 heteroatoms. The Morgan fingerprint density at radius 2 is 1.17 bits per heavy atom. The minimum absolute atomic E-state index is 0.0982. The minimum Gasteiger partial charge on any atom is -0.481 e. The average molecular weight is 888 g/mol. The van der Waals surface area contributed by atoms with Crippen LogP contribution in [0.1, 0.15) is 98.5 Å². The van der Waals surface area contributed by atoms with Gasteiger partial charge in [0.1, 0.15) is 0 Å². The molecule has 1 aromatic carbocycles. The maximum Gasteiger partial charge on any atom is 0.305 e. The van der Waals surface area contributed by atoms with E-state index >= 15 is 0 Å². The molecule has 2 aromatic rings. The fourth-order valence-corrected chi connectivity index (χ4v) is 8.02. The molecule has 8 N–H and O–H groups in total. The smallest absolute Gasteiger partial charge is 0.305 e. The second-order valence-electron chi connectivity index (χ2n) is 16.6. The van der Waals surface area contributed by atoms with Crippen LogP contribution in [0.15, 0.2) is 52.7 Å². The number of likely N-dealkylation sites (tertiary alicyclic amines) is 2. The van der Waals surface area contributed by atoms with Crippen LogP contribution in [0.2, 0.25) is 0 Å². The lowest BCUT2D eigenvalue weighted by Gasteiger charge is -2.32. The van der Waals surface area contributed by atoms with Gasteiger partial charge in [0.15, 0.2) is 11.9 Å². The Morgan fingerprint density at radius 3 is 1.58 bits per heavy atom. The Bertz CT molecular complexity index is 1960. The summed E-state index contributed by atoms with van der Waals surface area (Å²) < 4.78 is 0. The van der Waals surface area contributed by atoms with Crippen molar-refractivity contribution in [2.45, 2.75) is 90.1 Å². The van der Waals surface area contributed by atoms with E-state index in [0.717, 1.165) is 67.6 Å². The Hall–Kier alpha value is -6.27. The molecule has 2 atom stereocenters. The average Bonchev–Trinajstić information content (AvgIpc) is 4.03. The Morgan fingerprint density at radius 1 is 0.688 bits per heavy atom. The molecule has 4 amide bonds. The van der Waals surface area contributed by atoms with Gasteiger partial charge in [-0.3, -0.25) is 43.7 Å². The SMILES string of the molecule is Cc1ccc(C(CC(=O)O)NC(=O)C2CCN(C(=O)CCCNC3=NCCN3)CC2)cc1C.O=C(O)C[C@H](NC(=O)C1CCN(C(=O)CCCNC2=NCCN2)CC1)c1cccnc1. The summed E-state index contributed by atoms with van der Waals surface area (Å²) in [6, 6.07) is 8.05. The molecule has 0 bridgehead atoms. The number of aliphatic carboxylic acids is 2. The van der Waals surface area contributed by atoms with Gasteiger partial charge in [-0.25, -0.2) is 0 Å². The topological polar surface area (TPSA) is 259 Å². The largest absolute Gasteiger partial charge is 0.481 e. The summed E-state index contributed by atoms with van der Waals surface area (Å²) in [7, 11) is 0. The lowest BCUT2D eigenvalue weighted by atomic mass is 9.93. The third-order valence-electron chi connectivity index (χ3n) is 11.9. The van der Waals surface area contributed by atoms with E-state index < -0.39 is 24.0 Å². The fourth-order valence-electron chi connectivity index (χ4n) is 8.02. The van der Waals surface area contributed by atoms with Crippen LogP contribution in [0.4, 0.5) is 0 Å². The van der Waals surface area contributed by atoms with Crippen LogP contribution in [-0.2, 0) is 28.8 Å². The van der Waals surface area contributed by atoms with Crippen molar-refractivity contribution in [2.24, 2.45) is 21.8 Å². The second kappa shape index (κ2) is 25.1. The van der Waals surface area contributed by atoms with E-state index in [1.54, 1.807) is 24.5 Å². The summed E-state index contributed by atoms with van der Waals surface area (Å²) in [6.45, 7) is 10.8. The van der Waals surface area contributed by atoms with Crippen molar-refractivity contribution in [3.63, 3.8) is 0 Å². The highest BCUT2D eigenvalue weighted by Gasteiger charge is 2.31. The molecule has 6 rings (SSSR count). The molecule has 0 saturated carbocycles. The zero-order valence-electron chi connectivity index (χ0n) is 37.1. The Kier molecular flexibility index (Phi) is 19.1. The molecule has 64 heavy (non-hydrogen) atoms. The second-order valence-corrected chi connectivity index (χ2v) is 16.6. The zero-order valence-corrected chi connectivity index (χ0v) is 37.1. The summed E-state index contributed by atoms with van der Waals surface area (Å²) in [5.41, 5.74) is 3.65. The molecule has 1 aromatic heterocycles. The van der Waals surface area contributed by atoms with E-state index in [2.05, 4.69) is 46.9 Å². The van der Waals surface area contributed by atoms with E-state index in [0.29, 0.717) is 83.4 Å².